The summed E-state index contributed by atoms with van der Waals surface area (Å²) >= 11 is 0. The summed E-state index contributed by atoms with van der Waals surface area (Å²) in [5, 5.41) is 3.23. The number of carbonyl (C=O) groups excluding carboxylic acids is 3. The second-order valence-electron chi connectivity index (χ2n) is 9.88. The first-order chi connectivity index (χ1) is 21.4. The lowest BCUT2D eigenvalue weighted by atomic mass is 10.00. The van der Waals surface area contributed by atoms with Gasteiger partial charge in [-0.1, -0.05) is 73.3 Å². The SMILES string of the molecule is C=CC(=O)N(CCCOc1ccc(CC(Nc2ccccc2C(=O)c2ccccc2)C(=O)OC)cc1)c1ccccc1OC. The summed E-state index contributed by atoms with van der Waals surface area (Å²) in [5.74, 6) is 0.457. The van der Waals surface area contributed by atoms with Crippen molar-refractivity contribution in [3.05, 3.63) is 132 Å². The summed E-state index contributed by atoms with van der Waals surface area (Å²) in [6, 6.07) is 30.2. The molecule has 1 N–H and O–H groups in total. The van der Waals surface area contributed by atoms with Crippen LogP contribution >= 0.6 is 0 Å². The lowest BCUT2D eigenvalue weighted by Gasteiger charge is -2.23. The summed E-state index contributed by atoms with van der Waals surface area (Å²) in [4.78, 5) is 40.1. The molecule has 4 aromatic rings. The van der Waals surface area contributed by atoms with Crippen LogP contribution in [0.3, 0.4) is 0 Å². The number of nitrogens with one attached hydrogen (secondary N) is 1. The van der Waals surface area contributed by atoms with Gasteiger partial charge in [0.1, 0.15) is 17.5 Å². The fourth-order valence-corrected chi connectivity index (χ4v) is 4.76. The van der Waals surface area contributed by atoms with Crippen LogP contribution in [0.15, 0.2) is 116 Å². The van der Waals surface area contributed by atoms with E-state index in [0.29, 0.717) is 60.0 Å². The first-order valence-electron chi connectivity index (χ1n) is 14.3. The molecule has 8 nitrogen and oxygen atoms in total. The van der Waals surface area contributed by atoms with E-state index in [1.807, 2.05) is 66.7 Å². The van der Waals surface area contributed by atoms with E-state index >= 15 is 0 Å². The monoisotopic (exact) mass is 592 g/mol. The van der Waals surface area contributed by atoms with Gasteiger partial charge in [0, 0.05) is 29.8 Å². The Labute approximate surface area is 257 Å². The Morgan fingerprint density at radius 2 is 1.55 bits per heavy atom. The highest BCUT2D eigenvalue weighted by molar-refractivity contribution is 6.12. The fourth-order valence-electron chi connectivity index (χ4n) is 4.76. The number of ketones is 1. The van der Waals surface area contributed by atoms with Gasteiger partial charge in [-0.15, -0.1) is 0 Å². The molecular formula is C36H36N2O6. The number of esters is 1. The Hall–Kier alpha value is -5.37. The molecule has 0 heterocycles. The van der Waals surface area contributed by atoms with Crippen LogP contribution in [0.4, 0.5) is 11.4 Å². The average Bonchev–Trinajstić information content (AvgIpc) is 3.08. The van der Waals surface area contributed by atoms with Crippen molar-refractivity contribution in [1.29, 1.82) is 0 Å². The van der Waals surface area contributed by atoms with Crippen LogP contribution < -0.4 is 19.7 Å². The molecule has 8 heteroatoms. The molecule has 0 saturated heterocycles. The fraction of sp³-hybridized carbons (Fsp3) is 0.194. The summed E-state index contributed by atoms with van der Waals surface area (Å²) in [6.07, 6.45) is 2.19. The molecule has 0 bridgehead atoms. The van der Waals surface area contributed by atoms with Crippen LogP contribution in [-0.2, 0) is 20.7 Å². The maximum atomic E-state index is 13.2. The van der Waals surface area contributed by atoms with Gasteiger partial charge in [-0.3, -0.25) is 9.59 Å². The molecule has 0 aliphatic carbocycles. The maximum absolute atomic E-state index is 13.2. The first-order valence-corrected chi connectivity index (χ1v) is 14.3. The number of ether oxygens (including phenoxy) is 3. The average molecular weight is 593 g/mol. The number of methoxy groups -OCH3 is 2. The molecule has 1 atom stereocenters. The Morgan fingerprint density at radius 3 is 2.25 bits per heavy atom. The van der Waals surface area contributed by atoms with Crippen molar-refractivity contribution in [3.63, 3.8) is 0 Å². The highest BCUT2D eigenvalue weighted by Gasteiger charge is 2.23. The van der Waals surface area contributed by atoms with Gasteiger partial charge in [-0.05, 0) is 54.5 Å². The number of hydrogen-bond acceptors (Lipinski definition) is 7. The van der Waals surface area contributed by atoms with Gasteiger partial charge in [0.2, 0.25) is 5.91 Å². The lowest BCUT2D eigenvalue weighted by Crippen LogP contribution is -2.33. The molecule has 226 valence electrons. The minimum absolute atomic E-state index is 0.140. The van der Waals surface area contributed by atoms with Gasteiger partial charge in [0.05, 0.1) is 26.5 Å². The predicted molar refractivity (Wildman–Crippen MR) is 172 cm³/mol. The van der Waals surface area contributed by atoms with Crippen LogP contribution in [0.25, 0.3) is 0 Å². The van der Waals surface area contributed by atoms with Crippen LogP contribution in [0.1, 0.15) is 27.9 Å². The van der Waals surface area contributed by atoms with Crippen LogP contribution in [-0.4, -0.2) is 51.1 Å². The summed E-state index contributed by atoms with van der Waals surface area (Å²) in [6.45, 7) is 4.42. The van der Waals surface area contributed by atoms with Gasteiger partial charge in [0.15, 0.2) is 5.78 Å². The maximum Gasteiger partial charge on any atom is 0.328 e. The molecule has 4 rings (SSSR count). The third-order valence-electron chi connectivity index (χ3n) is 7.00. The summed E-state index contributed by atoms with van der Waals surface area (Å²) in [7, 11) is 2.91. The van der Waals surface area contributed by atoms with Crippen molar-refractivity contribution in [2.75, 3.05) is 37.6 Å². The topological polar surface area (TPSA) is 94.2 Å². The molecule has 0 aliphatic rings. The van der Waals surface area contributed by atoms with E-state index in [1.54, 1.807) is 48.4 Å². The molecule has 1 unspecified atom stereocenters. The minimum Gasteiger partial charge on any atom is -0.495 e. The third-order valence-corrected chi connectivity index (χ3v) is 7.00. The quantitative estimate of drug-likeness (QED) is 0.0770. The minimum atomic E-state index is -0.722. The molecule has 0 aliphatic heterocycles. The standard InChI is InChI=1S/C36H36N2O6/c1-4-34(39)38(32-17-10-11-18-33(32)42-2)23-12-24-44-28-21-19-26(20-22-28)25-31(36(41)43-3)37-30-16-9-8-15-29(30)35(40)27-13-6-5-7-14-27/h4-11,13-22,31,37H,1,12,23-25H2,2-3H3. The molecule has 1 amide bonds. The van der Waals surface area contributed by atoms with Crippen molar-refractivity contribution >= 4 is 29.0 Å². The van der Waals surface area contributed by atoms with Crippen molar-refractivity contribution in [2.45, 2.75) is 18.9 Å². The number of para-hydroxylation sites is 3. The van der Waals surface area contributed by atoms with E-state index in [-0.39, 0.29) is 11.7 Å². The highest BCUT2D eigenvalue weighted by atomic mass is 16.5. The van der Waals surface area contributed by atoms with Gasteiger partial charge >= 0.3 is 5.97 Å². The van der Waals surface area contributed by atoms with Gasteiger partial charge in [0.25, 0.3) is 0 Å². The molecular weight excluding hydrogens is 556 g/mol. The second-order valence-corrected chi connectivity index (χ2v) is 9.88. The van der Waals surface area contributed by atoms with E-state index in [9.17, 15) is 14.4 Å². The molecule has 0 fully saturated rings. The number of nitrogens with zero attached hydrogens (tertiary/aromatic N) is 1. The number of rotatable bonds is 15. The Kier molecular flexibility index (Phi) is 11.3. The lowest BCUT2D eigenvalue weighted by molar-refractivity contribution is -0.141. The molecule has 0 spiro atoms. The number of hydrogen-bond donors (Lipinski definition) is 1. The Balaban J connectivity index is 1.37. The van der Waals surface area contributed by atoms with E-state index < -0.39 is 12.0 Å². The molecule has 4 aromatic carbocycles. The summed E-state index contributed by atoms with van der Waals surface area (Å²) < 4.78 is 16.4. The highest BCUT2D eigenvalue weighted by Crippen LogP contribution is 2.28. The zero-order valence-electron chi connectivity index (χ0n) is 24.9. The third kappa shape index (κ3) is 8.13. The van der Waals surface area contributed by atoms with Crippen LogP contribution in [0.5, 0.6) is 11.5 Å². The smallest absolute Gasteiger partial charge is 0.328 e. The van der Waals surface area contributed by atoms with Crippen molar-refractivity contribution < 1.29 is 28.6 Å². The zero-order chi connectivity index (χ0) is 31.3. The van der Waals surface area contributed by atoms with E-state index in [2.05, 4.69) is 11.9 Å². The Morgan fingerprint density at radius 1 is 0.864 bits per heavy atom. The summed E-state index contributed by atoms with van der Waals surface area (Å²) in [5.41, 5.74) is 3.13. The molecule has 0 radical (unpaired) electrons. The van der Waals surface area contributed by atoms with Crippen LogP contribution in [0.2, 0.25) is 0 Å². The van der Waals surface area contributed by atoms with Crippen molar-refractivity contribution in [3.8, 4) is 11.5 Å². The number of anilines is 2. The number of benzene rings is 4. The van der Waals surface area contributed by atoms with E-state index in [1.165, 1.54) is 13.2 Å². The largest absolute Gasteiger partial charge is 0.495 e. The second kappa shape index (κ2) is 15.7. The van der Waals surface area contributed by atoms with E-state index in [4.69, 9.17) is 14.2 Å². The normalized spacial score (nSPS) is 11.1. The van der Waals surface area contributed by atoms with Crippen molar-refractivity contribution in [1.82, 2.24) is 0 Å². The first kappa shape index (κ1) is 31.6. The number of amides is 1. The van der Waals surface area contributed by atoms with Crippen LogP contribution in [0, 0.1) is 0 Å². The zero-order valence-corrected chi connectivity index (χ0v) is 24.9. The van der Waals surface area contributed by atoms with Crippen molar-refractivity contribution in [2.24, 2.45) is 0 Å². The van der Waals surface area contributed by atoms with Gasteiger partial charge in [-0.25, -0.2) is 4.79 Å². The molecule has 44 heavy (non-hydrogen) atoms. The van der Waals surface area contributed by atoms with Gasteiger partial charge in [-0.2, -0.15) is 0 Å². The molecule has 0 aromatic heterocycles. The molecule has 0 saturated carbocycles. The number of carbonyl (C=O) groups is 3. The van der Waals surface area contributed by atoms with Gasteiger partial charge < -0.3 is 24.4 Å². The predicted octanol–water partition coefficient (Wildman–Crippen LogP) is 6.11. The van der Waals surface area contributed by atoms with E-state index in [0.717, 1.165) is 5.56 Å². The Bertz CT molecular complexity index is 1570.